The van der Waals surface area contributed by atoms with E-state index in [4.69, 9.17) is 10.1 Å². The van der Waals surface area contributed by atoms with Gasteiger partial charge in [-0.15, -0.1) is 10.2 Å². The van der Waals surface area contributed by atoms with E-state index in [0.29, 0.717) is 17.6 Å². The monoisotopic (exact) mass is 431 g/mol. The largest absolute Gasteiger partial charge is 0.246 e. The number of benzene rings is 2. The molecular weight excluding hydrogens is 406 g/mol. The summed E-state index contributed by atoms with van der Waals surface area (Å²) in [5.41, 5.74) is 4.38. The average molecular weight is 432 g/mol. The fourth-order valence-electron chi connectivity index (χ4n) is 4.40. The zero-order valence-corrected chi connectivity index (χ0v) is 18.2. The van der Waals surface area contributed by atoms with E-state index in [0.717, 1.165) is 34.8 Å². The molecule has 0 saturated heterocycles. The Morgan fingerprint density at radius 2 is 1.74 bits per heavy atom. The van der Waals surface area contributed by atoms with Crippen molar-refractivity contribution in [3.8, 4) is 22.5 Å². The molecule has 2 aromatic heterocycles. The number of aromatic nitrogens is 7. The summed E-state index contributed by atoms with van der Waals surface area (Å²) in [6.45, 7) is 0. The second-order valence-electron chi connectivity index (χ2n) is 7.99. The smallest absolute Gasteiger partial charge is 0.205 e. The van der Waals surface area contributed by atoms with Crippen LogP contribution in [0.2, 0.25) is 0 Å². The first-order chi connectivity index (χ1) is 15.3. The summed E-state index contributed by atoms with van der Waals surface area (Å²) in [6.07, 6.45) is 7.02. The first-order valence-corrected chi connectivity index (χ1v) is 11.4. The minimum atomic E-state index is 0.464. The van der Waals surface area contributed by atoms with Gasteiger partial charge in [0.15, 0.2) is 5.82 Å². The van der Waals surface area contributed by atoms with E-state index in [1.807, 2.05) is 18.2 Å². The van der Waals surface area contributed by atoms with Crippen LogP contribution in [0.4, 0.5) is 0 Å². The summed E-state index contributed by atoms with van der Waals surface area (Å²) in [5.74, 6) is 3.02. The Kier molecular flexibility index (Phi) is 5.80. The van der Waals surface area contributed by atoms with Gasteiger partial charge in [-0.3, -0.25) is 0 Å². The molecule has 158 valence electrons. The summed E-state index contributed by atoms with van der Waals surface area (Å²) < 4.78 is 2.17. The van der Waals surface area contributed by atoms with Crippen LogP contribution < -0.4 is 0 Å². The highest BCUT2D eigenvalue weighted by Crippen LogP contribution is 2.31. The maximum absolute atomic E-state index is 4.78. The molecule has 4 aromatic rings. The molecule has 0 unspecified atom stereocenters. The number of tetrazole rings is 1. The van der Waals surface area contributed by atoms with E-state index < -0.39 is 0 Å². The van der Waals surface area contributed by atoms with E-state index in [1.54, 1.807) is 0 Å². The Morgan fingerprint density at radius 3 is 2.45 bits per heavy atom. The van der Waals surface area contributed by atoms with Crippen molar-refractivity contribution in [3.63, 3.8) is 0 Å². The van der Waals surface area contributed by atoms with Crippen molar-refractivity contribution in [1.82, 2.24) is 35.4 Å². The molecule has 0 amide bonds. The van der Waals surface area contributed by atoms with Gasteiger partial charge in [-0.2, -0.15) is 22.9 Å². The molecule has 5 rings (SSSR count). The topological polar surface area (TPSA) is 85.2 Å². The van der Waals surface area contributed by atoms with Crippen molar-refractivity contribution in [3.05, 3.63) is 65.7 Å². The molecule has 0 atom stereocenters. The normalized spacial score (nSPS) is 14.7. The summed E-state index contributed by atoms with van der Waals surface area (Å²) >= 11 is 4.39. The number of nitrogens with zero attached hydrogens (tertiary/aromatic N) is 6. The summed E-state index contributed by atoms with van der Waals surface area (Å²) in [7, 11) is 0. The van der Waals surface area contributed by atoms with Crippen LogP contribution in [0, 0.1) is 0 Å². The van der Waals surface area contributed by atoms with Crippen LogP contribution in [0.1, 0.15) is 55.4 Å². The number of thiol groups is 1. The quantitative estimate of drug-likeness (QED) is 0.434. The van der Waals surface area contributed by atoms with E-state index in [9.17, 15) is 0 Å². The maximum Gasteiger partial charge on any atom is 0.205 e. The summed E-state index contributed by atoms with van der Waals surface area (Å²) in [4.78, 5) is 4.78. The Bertz CT molecular complexity index is 1130. The van der Waals surface area contributed by atoms with Gasteiger partial charge in [0, 0.05) is 12.0 Å². The van der Waals surface area contributed by atoms with Crippen molar-refractivity contribution in [1.29, 1.82) is 0 Å². The first kappa shape index (κ1) is 19.9. The first-order valence-electron chi connectivity index (χ1n) is 10.8. The van der Waals surface area contributed by atoms with Crippen molar-refractivity contribution in [2.45, 2.75) is 50.3 Å². The lowest BCUT2D eigenvalue weighted by Gasteiger charge is -2.23. The van der Waals surface area contributed by atoms with E-state index in [-0.39, 0.29) is 0 Å². The lowest BCUT2D eigenvalue weighted by atomic mass is 9.95. The molecule has 2 aromatic carbocycles. The van der Waals surface area contributed by atoms with Crippen molar-refractivity contribution in [2.24, 2.45) is 0 Å². The number of nitrogens with one attached hydrogen (secondary N) is 1. The van der Waals surface area contributed by atoms with Gasteiger partial charge >= 0.3 is 0 Å². The Balaban J connectivity index is 1.41. The number of hydrogen-bond donors (Lipinski definition) is 2. The van der Waals surface area contributed by atoms with Crippen LogP contribution in [0.15, 0.2) is 48.5 Å². The number of rotatable bonds is 6. The molecular formula is C23H25N7S. The van der Waals surface area contributed by atoms with E-state index in [2.05, 4.69) is 68.3 Å². The van der Waals surface area contributed by atoms with Crippen molar-refractivity contribution in [2.75, 3.05) is 0 Å². The number of hydrogen-bond acceptors (Lipinski definition) is 6. The minimum absolute atomic E-state index is 0.464. The van der Waals surface area contributed by atoms with Crippen LogP contribution in [0.5, 0.6) is 0 Å². The van der Waals surface area contributed by atoms with Crippen LogP contribution in [-0.4, -0.2) is 35.4 Å². The third kappa shape index (κ3) is 4.25. The van der Waals surface area contributed by atoms with Gasteiger partial charge in [-0.05, 0) is 34.7 Å². The molecule has 0 aliphatic heterocycles. The number of H-pyrrole nitrogens is 1. The Morgan fingerprint density at radius 1 is 0.968 bits per heavy atom. The molecule has 1 N–H and O–H groups in total. The van der Waals surface area contributed by atoms with Gasteiger partial charge in [0.1, 0.15) is 5.82 Å². The zero-order valence-electron chi connectivity index (χ0n) is 17.3. The molecule has 2 heterocycles. The highest BCUT2D eigenvalue weighted by Gasteiger charge is 2.21. The lowest BCUT2D eigenvalue weighted by Crippen LogP contribution is -2.17. The van der Waals surface area contributed by atoms with Gasteiger partial charge in [0.05, 0.1) is 11.8 Å². The standard InChI is InChI=1S/C23H25N7S/c31-15-21-24-22(30(27-21)18-6-2-1-3-7-18)14-16-10-12-17(13-11-16)19-8-4-5-9-20(19)23-25-28-29-26-23/h4-5,8-13,18,31H,1-3,6-7,14-15H2,(H,25,26,28,29). The van der Waals surface area contributed by atoms with E-state index in [1.165, 1.54) is 37.7 Å². The van der Waals surface area contributed by atoms with Gasteiger partial charge < -0.3 is 0 Å². The predicted octanol–water partition coefficient (Wildman–Crippen LogP) is 4.65. The van der Waals surface area contributed by atoms with Gasteiger partial charge in [0.2, 0.25) is 5.82 Å². The molecule has 1 fully saturated rings. The second-order valence-corrected chi connectivity index (χ2v) is 8.31. The summed E-state index contributed by atoms with van der Waals surface area (Å²) in [6, 6.07) is 17.2. The van der Waals surface area contributed by atoms with Gasteiger partial charge in [0.25, 0.3) is 0 Å². The van der Waals surface area contributed by atoms with Crippen LogP contribution in [-0.2, 0) is 12.2 Å². The maximum atomic E-state index is 4.78. The fraction of sp³-hybridized carbons (Fsp3) is 0.348. The van der Waals surface area contributed by atoms with Crippen molar-refractivity contribution < 1.29 is 0 Å². The Hall–Kier alpha value is -3.00. The molecule has 7 nitrogen and oxygen atoms in total. The molecule has 8 heteroatoms. The third-order valence-corrected chi connectivity index (χ3v) is 6.23. The fourth-order valence-corrected chi connectivity index (χ4v) is 4.53. The molecule has 1 aliphatic rings. The lowest BCUT2D eigenvalue weighted by molar-refractivity contribution is 0.321. The molecule has 0 spiro atoms. The highest BCUT2D eigenvalue weighted by atomic mass is 32.1. The minimum Gasteiger partial charge on any atom is -0.246 e. The average Bonchev–Trinajstić information content (AvgIpc) is 3.51. The van der Waals surface area contributed by atoms with Crippen LogP contribution in [0.3, 0.4) is 0 Å². The molecule has 31 heavy (non-hydrogen) atoms. The zero-order chi connectivity index (χ0) is 21.0. The van der Waals surface area contributed by atoms with Crippen LogP contribution in [0.25, 0.3) is 22.5 Å². The second kappa shape index (κ2) is 9.01. The van der Waals surface area contributed by atoms with Crippen LogP contribution >= 0.6 is 12.6 Å². The van der Waals surface area contributed by atoms with Gasteiger partial charge in [-0.25, -0.2) is 9.67 Å². The third-order valence-electron chi connectivity index (χ3n) is 5.95. The van der Waals surface area contributed by atoms with Gasteiger partial charge in [-0.1, -0.05) is 67.8 Å². The highest BCUT2D eigenvalue weighted by molar-refractivity contribution is 7.79. The summed E-state index contributed by atoms with van der Waals surface area (Å²) in [5, 5.41) is 19.3. The SMILES string of the molecule is SCc1nc(Cc2ccc(-c3ccccc3-c3nn[nH]n3)cc2)n(C2CCCCC2)n1. The molecule has 0 bridgehead atoms. The van der Waals surface area contributed by atoms with Crippen molar-refractivity contribution >= 4 is 12.6 Å². The Labute approximate surface area is 186 Å². The van der Waals surface area contributed by atoms with E-state index >= 15 is 0 Å². The molecule has 1 aliphatic carbocycles. The molecule has 0 radical (unpaired) electrons. The predicted molar refractivity (Wildman–Crippen MR) is 123 cm³/mol. The molecule has 1 saturated carbocycles. The number of aromatic amines is 1.